The van der Waals surface area contributed by atoms with Crippen molar-refractivity contribution in [1.82, 2.24) is 0 Å². The Labute approximate surface area is 109 Å². The maximum absolute atomic E-state index is 11.4. The average molecular weight is 262 g/mol. The molecule has 0 bridgehead atoms. The zero-order valence-corrected chi connectivity index (χ0v) is 10.6. The summed E-state index contributed by atoms with van der Waals surface area (Å²) in [4.78, 5) is 22.8. The predicted molar refractivity (Wildman–Crippen MR) is 65.8 cm³/mol. The molecular formula is C13H14N2O4. The number of epoxide rings is 1. The number of nitrogens with two attached hydrogens (primary N) is 2. The minimum atomic E-state index is -0.711. The molecule has 0 aliphatic carbocycles. The summed E-state index contributed by atoms with van der Waals surface area (Å²) in [6, 6.07) is 3.01. The minimum Gasteiger partial charge on any atom is -0.485 e. The summed E-state index contributed by atoms with van der Waals surface area (Å²) in [5.41, 5.74) is 11.0. The van der Waals surface area contributed by atoms with E-state index in [0.717, 1.165) is 5.56 Å². The van der Waals surface area contributed by atoms with Gasteiger partial charge in [0.25, 0.3) is 0 Å². The maximum Gasteiger partial charge on any atom is 0.249 e. The molecule has 100 valence electrons. The minimum absolute atomic E-state index is 0.0415. The first-order chi connectivity index (χ1) is 8.81. The number of hydrogen-bond acceptors (Lipinski definition) is 4. The van der Waals surface area contributed by atoms with E-state index >= 15 is 0 Å². The van der Waals surface area contributed by atoms with Gasteiger partial charge in [0.15, 0.2) is 0 Å². The summed E-state index contributed by atoms with van der Waals surface area (Å²) in [5, 5.41) is 0. The Hall–Kier alpha value is -2.08. The van der Waals surface area contributed by atoms with Crippen molar-refractivity contribution >= 4 is 11.8 Å². The number of amides is 2. The number of benzene rings is 1. The second kappa shape index (κ2) is 3.48. The maximum atomic E-state index is 11.4. The van der Waals surface area contributed by atoms with Gasteiger partial charge in [0.1, 0.15) is 23.6 Å². The van der Waals surface area contributed by atoms with Crippen LogP contribution in [0.1, 0.15) is 46.2 Å². The van der Waals surface area contributed by atoms with E-state index in [1.165, 1.54) is 12.1 Å². The van der Waals surface area contributed by atoms with Crippen LogP contribution in [0, 0.1) is 0 Å². The second-order valence-corrected chi connectivity index (χ2v) is 5.35. The number of carbonyl (C=O) groups is 2. The fraction of sp³-hybridized carbons (Fsp3) is 0.385. The summed E-state index contributed by atoms with van der Waals surface area (Å²) in [7, 11) is 0. The zero-order valence-electron chi connectivity index (χ0n) is 10.6. The monoisotopic (exact) mass is 262 g/mol. The molecule has 0 aromatic heterocycles. The molecule has 4 N–H and O–H groups in total. The van der Waals surface area contributed by atoms with Gasteiger partial charge in [0.05, 0.1) is 11.1 Å². The third kappa shape index (κ3) is 1.67. The molecule has 0 spiro atoms. The topological polar surface area (TPSA) is 108 Å². The fourth-order valence-corrected chi connectivity index (χ4v) is 2.53. The van der Waals surface area contributed by atoms with Crippen LogP contribution in [0.2, 0.25) is 0 Å². The molecule has 6 heteroatoms. The van der Waals surface area contributed by atoms with E-state index in [2.05, 4.69) is 0 Å². The normalized spacial score (nSPS) is 25.8. The van der Waals surface area contributed by atoms with Crippen molar-refractivity contribution in [1.29, 1.82) is 0 Å². The van der Waals surface area contributed by atoms with E-state index in [9.17, 15) is 9.59 Å². The van der Waals surface area contributed by atoms with Crippen LogP contribution in [-0.4, -0.2) is 23.5 Å². The van der Waals surface area contributed by atoms with Crippen molar-refractivity contribution in [3.63, 3.8) is 0 Å². The Morgan fingerprint density at radius 2 is 1.74 bits per heavy atom. The SMILES string of the molecule is CC1(C)Oc2cc(C(N)=O)c(C(N)=O)cc2C2OC21. The van der Waals surface area contributed by atoms with Gasteiger partial charge in [-0.3, -0.25) is 9.59 Å². The lowest BCUT2D eigenvalue weighted by atomic mass is 9.91. The summed E-state index contributed by atoms with van der Waals surface area (Å²) in [6.07, 6.45) is -0.154. The van der Waals surface area contributed by atoms with Crippen molar-refractivity contribution in [2.45, 2.75) is 31.7 Å². The highest BCUT2D eigenvalue weighted by molar-refractivity contribution is 6.06. The third-order valence-corrected chi connectivity index (χ3v) is 3.54. The number of carbonyl (C=O) groups excluding carboxylic acids is 2. The van der Waals surface area contributed by atoms with Gasteiger partial charge in [-0.15, -0.1) is 0 Å². The molecule has 0 saturated carbocycles. The van der Waals surface area contributed by atoms with E-state index in [4.69, 9.17) is 20.9 Å². The molecule has 6 nitrogen and oxygen atoms in total. The molecule has 3 rings (SSSR count). The lowest BCUT2D eigenvalue weighted by Crippen LogP contribution is -2.38. The molecule has 2 aliphatic heterocycles. The van der Waals surface area contributed by atoms with Gasteiger partial charge in [0.2, 0.25) is 11.8 Å². The van der Waals surface area contributed by atoms with Gasteiger partial charge in [-0.1, -0.05) is 0 Å². The summed E-state index contributed by atoms with van der Waals surface area (Å²) < 4.78 is 11.4. The van der Waals surface area contributed by atoms with Crippen LogP contribution < -0.4 is 16.2 Å². The van der Waals surface area contributed by atoms with Gasteiger partial charge in [-0.05, 0) is 26.0 Å². The van der Waals surface area contributed by atoms with E-state index in [-0.39, 0.29) is 23.3 Å². The van der Waals surface area contributed by atoms with Gasteiger partial charge in [-0.2, -0.15) is 0 Å². The van der Waals surface area contributed by atoms with Crippen LogP contribution in [0.3, 0.4) is 0 Å². The second-order valence-electron chi connectivity index (χ2n) is 5.35. The predicted octanol–water partition coefficient (Wildman–Crippen LogP) is 0.495. The number of rotatable bonds is 2. The van der Waals surface area contributed by atoms with Crippen molar-refractivity contribution in [3.8, 4) is 5.75 Å². The molecule has 0 radical (unpaired) electrons. The number of primary amides is 2. The molecule has 1 fully saturated rings. The van der Waals surface area contributed by atoms with Crippen molar-refractivity contribution in [3.05, 3.63) is 28.8 Å². The summed E-state index contributed by atoms with van der Waals surface area (Å²) >= 11 is 0. The van der Waals surface area contributed by atoms with Crippen LogP contribution >= 0.6 is 0 Å². The Morgan fingerprint density at radius 3 is 2.32 bits per heavy atom. The van der Waals surface area contributed by atoms with E-state index in [1.54, 1.807) is 0 Å². The van der Waals surface area contributed by atoms with E-state index < -0.39 is 17.4 Å². The molecule has 2 amide bonds. The van der Waals surface area contributed by atoms with Crippen LogP contribution in [0.4, 0.5) is 0 Å². The fourth-order valence-electron chi connectivity index (χ4n) is 2.53. The van der Waals surface area contributed by atoms with Gasteiger partial charge in [0, 0.05) is 5.56 Å². The smallest absolute Gasteiger partial charge is 0.249 e. The van der Waals surface area contributed by atoms with Crippen molar-refractivity contribution < 1.29 is 19.1 Å². The van der Waals surface area contributed by atoms with Crippen LogP contribution in [0.25, 0.3) is 0 Å². The average Bonchev–Trinajstić information content (AvgIpc) is 3.07. The molecule has 2 aliphatic rings. The molecule has 19 heavy (non-hydrogen) atoms. The standard InChI is InChI=1S/C13H14N2O4/c1-13(2)10-9(18-10)7-3-5(11(14)16)6(12(15)17)4-8(7)19-13/h3-4,9-10H,1-2H3,(H2,14,16)(H2,15,17). The molecule has 2 heterocycles. The molecular weight excluding hydrogens is 248 g/mol. The first-order valence-corrected chi connectivity index (χ1v) is 5.93. The number of hydrogen-bond donors (Lipinski definition) is 2. The number of ether oxygens (including phenoxy) is 2. The summed E-state index contributed by atoms with van der Waals surface area (Å²) in [6.45, 7) is 3.82. The van der Waals surface area contributed by atoms with Gasteiger partial charge < -0.3 is 20.9 Å². The van der Waals surface area contributed by atoms with Crippen molar-refractivity contribution in [2.75, 3.05) is 0 Å². The van der Waals surface area contributed by atoms with E-state index in [0.29, 0.717) is 5.75 Å². The van der Waals surface area contributed by atoms with Crippen LogP contribution in [-0.2, 0) is 4.74 Å². The van der Waals surface area contributed by atoms with Crippen LogP contribution in [0.5, 0.6) is 5.75 Å². The van der Waals surface area contributed by atoms with Gasteiger partial charge in [-0.25, -0.2) is 0 Å². The molecule has 2 unspecified atom stereocenters. The largest absolute Gasteiger partial charge is 0.485 e. The number of fused-ring (bicyclic) bond motifs is 3. The molecule has 1 aromatic rings. The Bertz CT molecular complexity index is 609. The summed E-state index contributed by atoms with van der Waals surface area (Å²) in [5.74, 6) is -0.891. The van der Waals surface area contributed by atoms with Gasteiger partial charge >= 0.3 is 0 Å². The lowest BCUT2D eigenvalue weighted by molar-refractivity contribution is 0.0722. The zero-order chi connectivity index (χ0) is 13.9. The van der Waals surface area contributed by atoms with Crippen molar-refractivity contribution in [2.24, 2.45) is 11.5 Å². The van der Waals surface area contributed by atoms with Crippen LogP contribution in [0.15, 0.2) is 12.1 Å². The Kier molecular flexibility index (Phi) is 2.19. The first kappa shape index (κ1) is 12.0. The Morgan fingerprint density at radius 1 is 1.16 bits per heavy atom. The highest BCUT2D eigenvalue weighted by Gasteiger charge is 2.57. The highest BCUT2D eigenvalue weighted by atomic mass is 16.6. The molecule has 2 atom stereocenters. The third-order valence-electron chi connectivity index (χ3n) is 3.54. The lowest BCUT2D eigenvalue weighted by Gasteiger charge is -2.30. The first-order valence-electron chi connectivity index (χ1n) is 5.93. The molecule has 1 aromatic carbocycles. The quantitative estimate of drug-likeness (QED) is 0.756. The van der Waals surface area contributed by atoms with E-state index in [1.807, 2.05) is 13.8 Å². The Balaban J connectivity index is 2.17. The highest BCUT2D eigenvalue weighted by Crippen LogP contribution is 2.54. The molecule has 1 saturated heterocycles.